The van der Waals surface area contributed by atoms with Gasteiger partial charge in [-0.2, -0.15) is 0 Å². The van der Waals surface area contributed by atoms with Gasteiger partial charge in [-0.15, -0.1) is 0 Å². The van der Waals surface area contributed by atoms with E-state index in [2.05, 4.69) is 16.0 Å². The van der Waals surface area contributed by atoms with Gasteiger partial charge in [0.25, 0.3) is 0 Å². The van der Waals surface area contributed by atoms with Gasteiger partial charge in [-0.3, -0.25) is 19.2 Å². The number of aromatic hydroxyl groups is 1. The average molecular weight is 466 g/mol. The number of hydrogen-bond acceptors (Lipinski definition) is 7. The number of nitrogens with two attached hydrogens (primary N) is 2. The van der Waals surface area contributed by atoms with Gasteiger partial charge in [0.1, 0.15) is 17.8 Å². The Morgan fingerprint density at radius 2 is 1.61 bits per heavy atom. The number of carbonyl (C=O) groups is 5. The topological polar surface area (TPSA) is 214 Å². The van der Waals surface area contributed by atoms with Crippen LogP contribution in [0.4, 0.5) is 0 Å². The number of benzene rings is 1. The van der Waals surface area contributed by atoms with Crippen molar-refractivity contribution in [2.24, 2.45) is 17.4 Å². The number of carboxylic acids is 1. The molecule has 9 N–H and O–H groups in total. The van der Waals surface area contributed by atoms with Crippen LogP contribution in [0.15, 0.2) is 24.3 Å². The summed E-state index contributed by atoms with van der Waals surface area (Å²) in [6.45, 7) is 3.08. The molecule has 33 heavy (non-hydrogen) atoms. The highest BCUT2D eigenvalue weighted by Crippen LogP contribution is 2.12. The van der Waals surface area contributed by atoms with E-state index < -0.39 is 60.7 Å². The summed E-state index contributed by atoms with van der Waals surface area (Å²) >= 11 is 0. The third-order valence-electron chi connectivity index (χ3n) is 5.03. The molecule has 0 aromatic heterocycles. The minimum absolute atomic E-state index is 0.0307. The van der Waals surface area contributed by atoms with Gasteiger partial charge < -0.3 is 37.6 Å². The van der Waals surface area contributed by atoms with E-state index >= 15 is 0 Å². The molecular weight excluding hydrogens is 434 g/mol. The largest absolute Gasteiger partial charge is 0.508 e. The van der Waals surface area contributed by atoms with Crippen molar-refractivity contribution in [2.45, 2.75) is 51.2 Å². The summed E-state index contributed by atoms with van der Waals surface area (Å²) in [6, 6.07) is 2.52. The number of carbonyl (C=O) groups excluding carboxylic acids is 4. The molecule has 1 rings (SSSR count). The lowest BCUT2D eigenvalue weighted by Gasteiger charge is -2.23. The Hall–Kier alpha value is -3.67. The summed E-state index contributed by atoms with van der Waals surface area (Å²) in [5.74, 6) is -4.58. The maximum absolute atomic E-state index is 12.7. The highest BCUT2D eigenvalue weighted by atomic mass is 16.4. The summed E-state index contributed by atoms with van der Waals surface area (Å²) in [5, 5.41) is 25.5. The molecule has 0 saturated heterocycles. The second-order valence-corrected chi connectivity index (χ2v) is 7.69. The quantitative estimate of drug-likeness (QED) is 0.179. The number of phenolic OH excluding ortho intramolecular Hbond substituents is 1. The van der Waals surface area contributed by atoms with Gasteiger partial charge in [-0.1, -0.05) is 32.4 Å². The molecule has 182 valence electrons. The first-order valence-corrected chi connectivity index (χ1v) is 10.4. The van der Waals surface area contributed by atoms with Crippen molar-refractivity contribution in [2.75, 3.05) is 6.54 Å². The van der Waals surface area contributed by atoms with Gasteiger partial charge >= 0.3 is 5.97 Å². The fraction of sp³-hybridized carbons (Fsp3) is 0.476. The van der Waals surface area contributed by atoms with Gasteiger partial charge in [0.05, 0.1) is 19.0 Å². The number of hydrogen-bond donors (Lipinski definition) is 7. The van der Waals surface area contributed by atoms with Crippen molar-refractivity contribution in [3.05, 3.63) is 29.8 Å². The Balaban J connectivity index is 2.86. The highest BCUT2D eigenvalue weighted by molar-refractivity contribution is 5.93. The van der Waals surface area contributed by atoms with Crippen LogP contribution in [0.25, 0.3) is 0 Å². The summed E-state index contributed by atoms with van der Waals surface area (Å²) in [6.07, 6.45) is 0.0911. The van der Waals surface area contributed by atoms with Crippen molar-refractivity contribution in [1.82, 2.24) is 16.0 Å². The second kappa shape index (κ2) is 13.0. The van der Waals surface area contributed by atoms with E-state index in [1.54, 1.807) is 19.1 Å². The fourth-order valence-corrected chi connectivity index (χ4v) is 2.79. The Bertz CT molecular complexity index is 859. The molecule has 0 spiro atoms. The zero-order chi connectivity index (χ0) is 25.1. The molecule has 0 aliphatic carbocycles. The van der Waals surface area contributed by atoms with Gasteiger partial charge in [-0.05, 0) is 23.6 Å². The van der Waals surface area contributed by atoms with E-state index in [9.17, 15) is 29.1 Å². The normalized spacial score (nSPS) is 14.3. The van der Waals surface area contributed by atoms with Crippen molar-refractivity contribution in [3.8, 4) is 5.75 Å². The molecule has 0 fully saturated rings. The van der Waals surface area contributed by atoms with Crippen molar-refractivity contribution < 1.29 is 34.2 Å². The van der Waals surface area contributed by atoms with E-state index in [0.29, 0.717) is 12.0 Å². The summed E-state index contributed by atoms with van der Waals surface area (Å²) < 4.78 is 0. The minimum Gasteiger partial charge on any atom is -0.508 e. The lowest BCUT2D eigenvalue weighted by atomic mass is 9.98. The smallest absolute Gasteiger partial charge is 0.326 e. The summed E-state index contributed by atoms with van der Waals surface area (Å²) in [5.41, 5.74) is 11.5. The van der Waals surface area contributed by atoms with E-state index in [1.807, 2.05) is 6.92 Å². The molecule has 12 heteroatoms. The molecule has 4 atom stereocenters. The second-order valence-electron chi connectivity index (χ2n) is 7.69. The number of primary amides is 1. The Labute approximate surface area is 191 Å². The summed E-state index contributed by atoms with van der Waals surface area (Å²) in [7, 11) is 0. The Morgan fingerprint density at radius 1 is 1.00 bits per heavy atom. The molecule has 0 aliphatic rings. The minimum atomic E-state index is -1.53. The maximum atomic E-state index is 12.7. The predicted octanol–water partition coefficient (Wildman–Crippen LogP) is -1.65. The molecule has 0 saturated carbocycles. The predicted molar refractivity (Wildman–Crippen MR) is 118 cm³/mol. The molecule has 4 amide bonds. The van der Waals surface area contributed by atoms with Crippen LogP contribution in [0.3, 0.4) is 0 Å². The number of nitrogens with one attached hydrogen (secondary N) is 3. The first-order chi connectivity index (χ1) is 15.4. The van der Waals surface area contributed by atoms with Crippen LogP contribution in [0.2, 0.25) is 0 Å². The Morgan fingerprint density at radius 3 is 2.12 bits per heavy atom. The van der Waals surface area contributed by atoms with Gasteiger partial charge in [-0.25, -0.2) is 4.79 Å². The molecule has 0 bridgehead atoms. The first-order valence-electron chi connectivity index (χ1n) is 10.4. The van der Waals surface area contributed by atoms with E-state index in [1.165, 1.54) is 12.1 Å². The SMILES string of the molecule is CCC(C)C(N)C(=O)NC(Cc1ccc(O)cc1)C(=O)NCC(=O)NC(CC(N)=O)C(=O)O. The van der Waals surface area contributed by atoms with Crippen molar-refractivity contribution in [3.63, 3.8) is 0 Å². The van der Waals surface area contributed by atoms with E-state index in [-0.39, 0.29) is 18.1 Å². The number of phenols is 1. The van der Waals surface area contributed by atoms with Gasteiger partial charge in [0.15, 0.2) is 0 Å². The molecule has 12 nitrogen and oxygen atoms in total. The molecule has 1 aromatic rings. The zero-order valence-corrected chi connectivity index (χ0v) is 18.5. The number of rotatable bonds is 13. The van der Waals surface area contributed by atoms with Crippen LogP contribution in [0, 0.1) is 5.92 Å². The maximum Gasteiger partial charge on any atom is 0.326 e. The molecular formula is C21H31N5O7. The van der Waals surface area contributed by atoms with Gasteiger partial charge in [0.2, 0.25) is 23.6 Å². The van der Waals surface area contributed by atoms with Crippen LogP contribution in [-0.2, 0) is 30.4 Å². The van der Waals surface area contributed by atoms with E-state index in [4.69, 9.17) is 16.6 Å². The standard InChI is InChI=1S/C21H31N5O7/c1-3-11(2)18(23)20(31)26-14(8-12-4-6-13(27)7-5-12)19(30)24-10-17(29)25-15(21(32)33)9-16(22)28/h4-7,11,14-15,18,27H,3,8-10,23H2,1-2H3,(H2,22,28)(H,24,30)(H,25,29)(H,26,31)(H,32,33). The van der Waals surface area contributed by atoms with E-state index in [0.717, 1.165) is 0 Å². The zero-order valence-electron chi connectivity index (χ0n) is 18.5. The third-order valence-corrected chi connectivity index (χ3v) is 5.03. The average Bonchev–Trinajstić information content (AvgIpc) is 2.76. The molecule has 1 aromatic carbocycles. The third kappa shape index (κ3) is 9.56. The fourth-order valence-electron chi connectivity index (χ4n) is 2.79. The number of amides is 4. The molecule has 0 heterocycles. The van der Waals surface area contributed by atoms with Gasteiger partial charge in [0, 0.05) is 6.42 Å². The Kier molecular flexibility index (Phi) is 10.8. The first kappa shape index (κ1) is 27.4. The monoisotopic (exact) mass is 465 g/mol. The lowest BCUT2D eigenvalue weighted by molar-refractivity contribution is -0.143. The van der Waals surface area contributed by atoms with Crippen LogP contribution in [-0.4, -0.2) is 64.5 Å². The highest BCUT2D eigenvalue weighted by Gasteiger charge is 2.27. The molecule has 0 aliphatic heterocycles. The van der Waals surface area contributed by atoms with Crippen LogP contribution < -0.4 is 27.4 Å². The molecule has 4 unspecified atom stereocenters. The van der Waals surface area contributed by atoms with Crippen molar-refractivity contribution >= 4 is 29.6 Å². The molecule has 0 radical (unpaired) electrons. The summed E-state index contributed by atoms with van der Waals surface area (Å²) in [4.78, 5) is 59.4. The number of carboxylic acid groups (broad SMARTS) is 1. The van der Waals surface area contributed by atoms with Crippen LogP contribution >= 0.6 is 0 Å². The number of aliphatic carboxylic acids is 1. The van der Waals surface area contributed by atoms with Crippen LogP contribution in [0.1, 0.15) is 32.3 Å². The van der Waals surface area contributed by atoms with Crippen molar-refractivity contribution in [1.29, 1.82) is 0 Å². The van der Waals surface area contributed by atoms with Crippen LogP contribution in [0.5, 0.6) is 5.75 Å². The lowest BCUT2D eigenvalue weighted by Crippen LogP contribution is -2.55.